The number of hydrogen-bond donors (Lipinski definition) is 1. The highest BCUT2D eigenvalue weighted by atomic mass is 32.2. The van der Waals surface area contributed by atoms with Gasteiger partial charge in [0.1, 0.15) is 0 Å². The number of sulfonamides is 1. The Kier molecular flexibility index (Phi) is 7.82. The van der Waals surface area contributed by atoms with Crippen molar-refractivity contribution in [2.75, 3.05) is 26.2 Å². The Bertz CT molecular complexity index is 706. The van der Waals surface area contributed by atoms with Gasteiger partial charge in [-0.3, -0.25) is 9.69 Å². The van der Waals surface area contributed by atoms with Gasteiger partial charge in [-0.15, -0.1) is 0 Å². The second-order valence-electron chi connectivity index (χ2n) is 7.38. The van der Waals surface area contributed by atoms with Crippen LogP contribution in [0.5, 0.6) is 0 Å². The van der Waals surface area contributed by atoms with Gasteiger partial charge in [-0.25, -0.2) is 8.42 Å². The molecule has 1 atom stereocenters. The quantitative estimate of drug-likeness (QED) is 0.697. The van der Waals surface area contributed by atoms with E-state index in [0.717, 1.165) is 31.5 Å². The van der Waals surface area contributed by atoms with Crippen molar-refractivity contribution in [1.29, 1.82) is 0 Å². The van der Waals surface area contributed by atoms with E-state index in [1.54, 1.807) is 24.3 Å². The third kappa shape index (κ3) is 5.30. The molecule has 0 bridgehead atoms. The lowest BCUT2D eigenvalue weighted by Gasteiger charge is -2.29. The molecule has 0 aliphatic carbocycles. The average molecular weight is 396 g/mol. The number of rotatable bonds is 9. The van der Waals surface area contributed by atoms with Gasteiger partial charge in [0.05, 0.1) is 10.9 Å². The van der Waals surface area contributed by atoms with Crippen molar-refractivity contribution in [3.05, 3.63) is 29.8 Å². The maximum Gasteiger partial charge on any atom is 0.243 e. The van der Waals surface area contributed by atoms with Gasteiger partial charge in [0, 0.05) is 19.6 Å². The Morgan fingerprint density at radius 2 is 1.67 bits per heavy atom. The van der Waals surface area contributed by atoms with E-state index in [1.165, 1.54) is 4.31 Å². The zero-order valence-electron chi connectivity index (χ0n) is 16.9. The number of likely N-dealkylation sites (tertiary alicyclic amines) is 1. The fourth-order valence-electron chi connectivity index (χ4n) is 3.70. The van der Waals surface area contributed by atoms with Crippen molar-refractivity contribution in [3.8, 4) is 0 Å². The van der Waals surface area contributed by atoms with Crippen LogP contribution in [0.2, 0.25) is 0 Å². The van der Waals surface area contributed by atoms with Crippen LogP contribution in [0.4, 0.5) is 0 Å². The smallest absolute Gasteiger partial charge is 0.243 e. The van der Waals surface area contributed by atoms with Crippen LogP contribution in [0, 0.1) is 5.92 Å². The van der Waals surface area contributed by atoms with E-state index in [2.05, 4.69) is 24.1 Å². The van der Waals surface area contributed by atoms with Gasteiger partial charge >= 0.3 is 0 Å². The summed E-state index contributed by atoms with van der Waals surface area (Å²) in [6.45, 7) is 11.1. The minimum Gasteiger partial charge on any atom is -0.351 e. The molecule has 152 valence electrons. The number of carbonyl (C=O) groups excluding carboxylic acids is 1. The summed E-state index contributed by atoms with van der Waals surface area (Å²) in [5.74, 6) is 0.302. The van der Waals surface area contributed by atoms with E-state index >= 15 is 0 Å². The molecule has 0 aromatic heterocycles. The summed E-state index contributed by atoms with van der Waals surface area (Å²) in [6.07, 6.45) is 2.30. The summed E-state index contributed by atoms with van der Waals surface area (Å²) < 4.78 is 26.5. The molecule has 1 fully saturated rings. The van der Waals surface area contributed by atoms with Crippen LogP contribution in [0.25, 0.3) is 0 Å². The lowest BCUT2D eigenvalue weighted by Crippen LogP contribution is -2.48. The van der Waals surface area contributed by atoms with Crippen LogP contribution in [0.15, 0.2) is 29.2 Å². The van der Waals surface area contributed by atoms with Gasteiger partial charge in [-0.2, -0.15) is 4.31 Å². The number of hydrogen-bond acceptors (Lipinski definition) is 4. The van der Waals surface area contributed by atoms with Crippen LogP contribution >= 0.6 is 0 Å². The molecule has 1 aliphatic heterocycles. The van der Waals surface area contributed by atoms with Gasteiger partial charge in [0.2, 0.25) is 15.9 Å². The number of benzene rings is 1. The maximum absolute atomic E-state index is 12.7. The van der Waals surface area contributed by atoms with Crippen LogP contribution in [0.3, 0.4) is 0 Å². The first-order valence-electron chi connectivity index (χ1n) is 9.92. The average Bonchev–Trinajstić information content (AvgIpc) is 3.15. The van der Waals surface area contributed by atoms with Gasteiger partial charge in [-0.1, -0.05) is 39.8 Å². The topological polar surface area (TPSA) is 69.7 Å². The molecule has 2 rings (SSSR count). The first kappa shape index (κ1) is 21.9. The minimum absolute atomic E-state index is 0.0479. The van der Waals surface area contributed by atoms with Gasteiger partial charge in [-0.05, 0) is 49.5 Å². The Morgan fingerprint density at radius 3 is 2.15 bits per heavy atom. The molecule has 0 unspecified atom stereocenters. The number of carbonyl (C=O) groups is 1. The van der Waals surface area contributed by atoms with E-state index in [1.807, 2.05) is 13.8 Å². The van der Waals surface area contributed by atoms with Crippen LogP contribution < -0.4 is 5.32 Å². The summed E-state index contributed by atoms with van der Waals surface area (Å²) in [4.78, 5) is 15.2. The third-order valence-electron chi connectivity index (χ3n) is 5.17. The minimum atomic E-state index is -3.45. The highest BCUT2D eigenvalue weighted by Crippen LogP contribution is 2.19. The molecule has 7 heteroatoms. The second kappa shape index (κ2) is 9.66. The lowest BCUT2D eigenvalue weighted by molar-refractivity contribution is -0.127. The van der Waals surface area contributed by atoms with Gasteiger partial charge in [0.25, 0.3) is 0 Å². The van der Waals surface area contributed by atoms with Crippen molar-refractivity contribution < 1.29 is 13.2 Å². The summed E-state index contributed by atoms with van der Waals surface area (Å²) in [5, 5.41) is 3.02. The first-order chi connectivity index (χ1) is 12.8. The number of amides is 1. The molecule has 27 heavy (non-hydrogen) atoms. The molecule has 0 radical (unpaired) electrons. The van der Waals surface area contributed by atoms with E-state index in [-0.39, 0.29) is 17.9 Å². The standard InChI is InChI=1S/C20H33N3O3S/c1-5-23(6-2)27(25,26)18-11-9-17(10-12-18)15-21-20(24)19(16(3)4)22-13-7-8-14-22/h9-12,16,19H,5-8,13-15H2,1-4H3,(H,21,24)/t19-/m0/s1. The summed E-state index contributed by atoms with van der Waals surface area (Å²) in [6, 6.07) is 6.69. The molecule has 6 nitrogen and oxygen atoms in total. The zero-order valence-corrected chi connectivity index (χ0v) is 17.8. The maximum atomic E-state index is 12.7. The highest BCUT2D eigenvalue weighted by Gasteiger charge is 2.30. The number of nitrogens with one attached hydrogen (secondary N) is 1. The SMILES string of the molecule is CCN(CC)S(=O)(=O)c1ccc(CNC(=O)[C@H](C(C)C)N2CCCC2)cc1. The van der Waals surface area contributed by atoms with Crippen molar-refractivity contribution in [3.63, 3.8) is 0 Å². The molecule has 1 N–H and O–H groups in total. The van der Waals surface area contributed by atoms with Crippen molar-refractivity contribution in [2.24, 2.45) is 5.92 Å². The van der Waals surface area contributed by atoms with Crippen molar-refractivity contribution in [1.82, 2.24) is 14.5 Å². The highest BCUT2D eigenvalue weighted by molar-refractivity contribution is 7.89. The predicted octanol–water partition coefficient (Wildman–Crippen LogP) is 2.45. The van der Waals surface area contributed by atoms with Crippen LogP contribution in [-0.2, 0) is 21.4 Å². The second-order valence-corrected chi connectivity index (χ2v) is 9.32. The van der Waals surface area contributed by atoms with E-state index in [4.69, 9.17) is 0 Å². The zero-order chi connectivity index (χ0) is 20.0. The fraction of sp³-hybridized carbons (Fsp3) is 0.650. The van der Waals surface area contributed by atoms with Gasteiger partial charge in [0.15, 0.2) is 0 Å². The Labute approximate surface area is 164 Å². The molecule has 0 saturated carbocycles. The molecule has 0 spiro atoms. The molecule has 1 aromatic rings. The monoisotopic (exact) mass is 395 g/mol. The molecule has 1 aliphatic rings. The lowest BCUT2D eigenvalue weighted by atomic mass is 10.0. The summed E-state index contributed by atoms with van der Waals surface area (Å²) in [7, 11) is -3.45. The van der Waals surface area contributed by atoms with E-state index < -0.39 is 10.0 Å². The molecule has 1 saturated heterocycles. The molecule has 1 heterocycles. The van der Waals surface area contributed by atoms with Crippen molar-refractivity contribution in [2.45, 2.75) is 58.0 Å². The molecular formula is C20H33N3O3S. The Hall–Kier alpha value is -1.44. The molecule has 1 aromatic carbocycles. The Morgan fingerprint density at radius 1 is 1.11 bits per heavy atom. The van der Waals surface area contributed by atoms with Gasteiger partial charge < -0.3 is 5.32 Å². The van der Waals surface area contributed by atoms with E-state index in [9.17, 15) is 13.2 Å². The third-order valence-corrected chi connectivity index (χ3v) is 7.23. The fourth-order valence-corrected chi connectivity index (χ4v) is 5.15. The number of nitrogens with zero attached hydrogens (tertiary/aromatic N) is 2. The molecular weight excluding hydrogens is 362 g/mol. The predicted molar refractivity (Wildman–Crippen MR) is 108 cm³/mol. The van der Waals surface area contributed by atoms with Crippen LogP contribution in [0.1, 0.15) is 46.1 Å². The summed E-state index contributed by atoms with van der Waals surface area (Å²) >= 11 is 0. The normalized spacial score (nSPS) is 16.8. The molecule has 1 amide bonds. The van der Waals surface area contributed by atoms with Crippen molar-refractivity contribution >= 4 is 15.9 Å². The summed E-state index contributed by atoms with van der Waals surface area (Å²) in [5.41, 5.74) is 0.894. The Balaban J connectivity index is 2.01. The largest absolute Gasteiger partial charge is 0.351 e. The first-order valence-corrected chi connectivity index (χ1v) is 11.4. The van der Waals surface area contributed by atoms with Crippen LogP contribution in [-0.4, -0.2) is 55.8 Å². The van der Waals surface area contributed by atoms with E-state index in [0.29, 0.717) is 24.5 Å².